The number of nitrogens with zero attached hydrogens (tertiary/aromatic N) is 1. The second kappa shape index (κ2) is 22.9. The lowest BCUT2D eigenvalue weighted by atomic mass is 10.1. The van der Waals surface area contributed by atoms with Gasteiger partial charge in [-0.3, -0.25) is 14.3 Å². The predicted molar refractivity (Wildman–Crippen MR) is 142 cm³/mol. The minimum atomic E-state index is -4.18. The predicted octanol–water partition coefficient (Wildman–Crippen LogP) is 6.74. The van der Waals surface area contributed by atoms with Crippen molar-refractivity contribution < 1.29 is 37.9 Å². The molecule has 0 aliphatic rings. The van der Waals surface area contributed by atoms with Gasteiger partial charge in [0.2, 0.25) is 0 Å². The zero-order chi connectivity index (χ0) is 26.3. The molecule has 2 atom stereocenters. The van der Waals surface area contributed by atoms with Gasteiger partial charge in [-0.25, -0.2) is 9.45 Å². The van der Waals surface area contributed by atoms with E-state index in [2.05, 4.69) is 24.0 Å². The van der Waals surface area contributed by atoms with Crippen molar-refractivity contribution in [3.8, 4) is 0 Å². The first-order chi connectivity index (χ1) is 16.7. The van der Waals surface area contributed by atoms with Gasteiger partial charge in [-0.2, -0.15) is 0 Å². The first-order valence-corrected chi connectivity index (χ1v) is 15.1. The molecule has 0 amide bonds. The third-order valence-corrected chi connectivity index (χ3v) is 6.68. The number of unbranched alkanes of at least 4 members (excludes halogenated alkanes) is 12. The fourth-order valence-corrected chi connectivity index (χ4v) is 4.16. The van der Waals surface area contributed by atoms with E-state index in [1.54, 1.807) is 0 Å². The number of hydrogen-bond acceptors (Lipinski definition) is 6. The summed E-state index contributed by atoms with van der Waals surface area (Å²) in [5.74, 6) is 0. The van der Waals surface area contributed by atoms with Gasteiger partial charge in [-0.15, -0.1) is 0 Å². The van der Waals surface area contributed by atoms with E-state index in [-0.39, 0.29) is 19.8 Å². The monoisotopic (exact) mass is 524 g/mol. The van der Waals surface area contributed by atoms with Gasteiger partial charge in [0, 0.05) is 6.61 Å². The van der Waals surface area contributed by atoms with Crippen LogP contribution >= 0.6 is 7.82 Å². The summed E-state index contributed by atoms with van der Waals surface area (Å²) in [6, 6.07) is 0. The van der Waals surface area contributed by atoms with Crippen LogP contribution in [0.4, 0.5) is 0 Å². The van der Waals surface area contributed by atoms with Gasteiger partial charge in [0.25, 0.3) is 0 Å². The number of phosphoric ester groups is 1. The molecule has 0 saturated carbocycles. The molecule has 0 bridgehead atoms. The third-order valence-electron chi connectivity index (χ3n) is 5.69. The molecule has 0 aliphatic carbocycles. The molecule has 2 N–H and O–H groups in total. The molecule has 0 saturated heterocycles. The second-order valence-corrected chi connectivity index (χ2v) is 11.8. The molecule has 9 heteroatoms. The summed E-state index contributed by atoms with van der Waals surface area (Å²) < 4.78 is 27.8. The Morgan fingerprint density at radius 2 is 1.31 bits per heavy atom. The van der Waals surface area contributed by atoms with Crippen molar-refractivity contribution >= 4 is 7.82 Å². The Hall–Kier alpha value is -0.310. The van der Waals surface area contributed by atoms with Gasteiger partial charge in [0.15, 0.2) is 0 Å². The van der Waals surface area contributed by atoms with E-state index in [0.29, 0.717) is 17.6 Å². The zero-order valence-electron chi connectivity index (χ0n) is 23.0. The minimum absolute atomic E-state index is 0.0838. The highest BCUT2D eigenvalue weighted by molar-refractivity contribution is 7.47. The second-order valence-electron chi connectivity index (χ2n) is 10.4. The van der Waals surface area contributed by atoms with Crippen molar-refractivity contribution in [2.24, 2.45) is 0 Å². The van der Waals surface area contributed by atoms with Crippen molar-refractivity contribution in [2.75, 3.05) is 54.1 Å². The Bertz CT molecular complexity index is 540. The molecular weight excluding hydrogens is 469 g/mol. The lowest BCUT2D eigenvalue weighted by molar-refractivity contribution is -0.870. The summed E-state index contributed by atoms with van der Waals surface area (Å²) in [6.07, 6.45) is 21.4. The Kier molecular flexibility index (Phi) is 22.7. The number of allylic oxidation sites excluding steroid dienone is 2. The van der Waals surface area contributed by atoms with Crippen LogP contribution < -0.4 is 0 Å². The highest BCUT2D eigenvalue weighted by atomic mass is 31.2. The van der Waals surface area contributed by atoms with Crippen LogP contribution in [0.15, 0.2) is 12.2 Å². The van der Waals surface area contributed by atoms with Crippen LogP contribution in [-0.2, 0) is 23.2 Å². The Labute approximate surface area is 215 Å². The van der Waals surface area contributed by atoms with E-state index in [1.807, 2.05) is 21.1 Å². The van der Waals surface area contributed by atoms with E-state index in [0.717, 1.165) is 12.8 Å². The summed E-state index contributed by atoms with van der Waals surface area (Å²) in [5.41, 5.74) is 0. The average molecular weight is 525 g/mol. The molecule has 35 heavy (non-hydrogen) atoms. The maximum Gasteiger partial charge on any atom is 0.472 e. The molecule has 0 aromatic rings. The maximum absolute atomic E-state index is 11.9. The lowest BCUT2D eigenvalue weighted by Gasteiger charge is -2.24. The van der Waals surface area contributed by atoms with Gasteiger partial charge >= 0.3 is 7.82 Å². The molecule has 1 unspecified atom stereocenters. The van der Waals surface area contributed by atoms with Gasteiger partial charge < -0.3 is 14.1 Å². The largest absolute Gasteiger partial charge is 0.472 e. The van der Waals surface area contributed by atoms with Crippen LogP contribution in [0.3, 0.4) is 0 Å². The number of quaternary nitrogens is 1. The van der Waals surface area contributed by atoms with Gasteiger partial charge in [0.1, 0.15) is 19.3 Å². The highest BCUT2D eigenvalue weighted by Gasteiger charge is 2.25. The topological polar surface area (TPSA) is 94.5 Å². The van der Waals surface area contributed by atoms with Crippen LogP contribution in [0.2, 0.25) is 0 Å². The van der Waals surface area contributed by atoms with E-state index in [9.17, 15) is 9.46 Å². The fraction of sp³-hybridized carbons (Fsp3) is 0.923. The maximum atomic E-state index is 11.9. The number of phosphoric acid groups is 1. The van der Waals surface area contributed by atoms with E-state index < -0.39 is 13.9 Å². The van der Waals surface area contributed by atoms with Crippen molar-refractivity contribution in [2.45, 2.75) is 103 Å². The van der Waals surface area contributed by atoms with E-state index in [1.165, 1.54) is 77.0 Å². The summed E-state index contributed by atoms with van der Waals surface area (Å²) in [4.78, 5) is 14.0. The first kappa shape index (κ1) is 34.7. The number of hydrogen-bond donors (Lipinski definition) is 2. The molecule has 0 heterocycles. The van der Waals surface area contributed by atoms with Crippen LogP contribution in [0, 0.1) is 0 Å². The number of likely N-dealkylation sites (N-methyl/N-ethyl adjacent to an activating group) is 1. The smallest absolute Gasteiger partial charge is 0.379 e. The third kappa shape index (κ3) is 26.6. The van der Waals surface area contributed by atoms with Gasteiger partial charge in [0.05, 0.1) is 34.4 Å². The van der Waals surface area contributed by atoms with Crippen LogP contribution in [0.25, 0.3) is 0 Å². The quantitative estimate of drug-likeness (QED) is 0.0323. The van der Waals surface area contributed by atoms with Crippen molar-refractivity contribution in [1.29, 1.82) is 0 Å². The van der Waals surface area contributed by atoms with Crippen LogP contribution in [-0.4, -0.2) is 74.9 Å². The number of rotatable bonds is 26. The Balaban J connectivity index is 3.55. The van der Waals surface area contributed by atoms with Crippen LogP contribution in [0.5, 0.6) is 0 Å². The molecule has 0 aromatic heterocycles. The molecule has 0 aromatic carbocycles. The highest BCUT2D eigenvalue weighted by Crippen LogP contribution is 2.43. The normalized spacial score (nSPS) is 15.0. The van der Waals surface area contributed by atoms with Crippen molar-refractivity contribution in [1.82, 2.24) is 0 Å². The SMILES string of the molecule is CCCCCCCC/C=C\CCCCCCCCOC[C@H](COP(=O)(O)OCC[N+](C)(C)C)OO. The minimum Gasteiger partial charge on any atom is -0.379 e. The average Bonchev–Trinajstić information content (AvgIpc) is 2.79. The van der Waals surface area contributed by atoms with E-state index >= 15 is 0 Å². The summed E-state index contributed by atoms with van der Waals surface area (Å²) in [6.45, 7) is 3.26. The number of ether oxygens (including phenoxy) is 1. The molecular formula is C26H55NO7P+. The lowest BCUT2D eigenvalue weighted by Crippen LogP contribution is -2.37. The van der Waals surface area contributed by atoms with Crippen LogP contribution in [0.1, 0.15) is 96.8 Å². The molecule has 0 fully saturated rings. The summed E-state index contributed by atoms with van der Waals surface area (Å²) >= 11 is 0. The fourth-order valence-electron chi connectivity index (χ4n) is 3.42. The molecule has 210 valence electrons. The zero-order valence-corrected chi connectivity index (χ0v) is 23.9. The molecule has 0 aliphatic heterocycles. The Morgan fingerprint density at radius 3 is 1.86 bits per heavy atom. The molecule has 0 rings (SSSR count). The standard InChI is InChI=1S/C26H54NO7P/c1-5-6-7-8-9-10-11-12-13-14-15-16-17-18-19-20-22-31-24-26(34-28)25-33-35(29,30)32-23-21-27(2,3)4/h12-13,26H,5-11,14-25H2,1-4H3,(H-,28,29,30)/p+1/b13-12-/t26-/m1/s1. The van der Waals surface area contributed by atoms with E-state index in [4.69, 9.17) is 19.0 Å². The molecule has 8 nitrogen and oxygen atoms in total. The van der Waals surface area contributed by atoms with Gasteiger partial charge in [-0.1, -0.05) is 76.9 Å². The summed E-state index contributed by atoms with van der Waals surface area (Å²) in [7, 11) is 1.68. The summed E-state index contributed by atoms with van der Waals surface area (Å²) in [5, 5.41) is 8.97. The molecule has 0 radical (unpaired) electrons. The van der Waals surface area contributed by atoms with Crippen molar-refractivity contribution in [3.05, 3.63) is 12.2 Å². The van der Waals surface area contributed by atoms with Gasteiger partial charge in [-0.05, 0) is 32.1 Å². The Morgan fingerprint density at radius 1 is 0.771 bits per heavy atom. The molecule has 0 spiro atoms. The first-order valence-electron chi connectivity index (χ1n) is 13.7. The van der Waals surface area contributed by atoms with Crippen molar-refractivity contribution in [3.63, 3.8) is 0 Å².